The lowest BCUT2D eigenvalue weighted by Gasteiger charge is -2.25. The quantitative estimate of drug-likeness (QED) is 0.744. The maximum absolute atomic E-state index is 14.1. The van der Waals surface area contributed by atoms with Crippen LogP contribution in [0.25, 0.3) is 11.3 Å². The molecule has 0 aliphatic carbocycles. The van der Waals surface area contributed by atoms with Crippen molar-refractivity contribution in [2.45, 2.75) is 19.5 Å². The third kappa shape index (κ3) is 2.73. The van der Waals surface area contributed by atoms with Gasteiger partial charge in [-0.05, 0) is 18.2 Å². The van der Waals surface area contributed by atoms with Crippen molar-refractivity contribution in [2.75, 3.05) is 6.54 Å². The van der Waals surface area contributed by atoms with Crippen molar-refractivity contribution < 1.29 is 8.91 Å². The number of aromatic nitrogens is 3. The second-order valence-electron chi connectivity index (χ2n) is 5.54. The van der Waals surface area contributed by atoms with E-state index < -0.39 is 0 Å². The predicted octanol–water partition coefficient (Wildman–Crippen LogP) is 2.83. The Balaban J connectivity index is 1.62. The van der Waals surface area contributed by atoms with Crippen molar-refractivity contribution in [3.05, 3.63) is 65.7 Å². The Labute approximate surface area is 132 Å². The topological polar surface area (TPSA) is 55.1 Å². The highest BCUT2D eigenvalue weighted by atomic mass is 19.1. The molecule has 116 valence electrons. The minimum Gasteiger partial charge on any atom is -0.360 e. The van der Waals surface area contributed by atoms with Gasteiger partial charge in [-0.2, -0.15) is 0 Å². The molecule has 0 saturated heterocycles. The predicted molar refractivity (Wildman–Crippen MR) is 81.7 cm³/mol. The molecule has 23 heavy (non-hydrogen) atoms. The highest BCUT2D eigenvalue weighted by Gasteiger charge is 2.26. The summed E-state index contributed by atoms with van der Waals surface area (Å²) in [5.41, 5.74) is 2.03. The first-order chi connectivity index (χ1) is 11.3. The summed E-state index contributed by atoms with van der Waals surface area (Å²) >= 11 is 0. The molecule has 0 unspecified atom stereocenters. The molecule has 2 aromatic heterocycles. The van der Waals surface area contributed by atoms with E-state index in [1.54, 1.807) is 36.7 Å². The lowest BCUT2D eigenvalue weighted by Crippen LogP contribution is -2.30. The number of hydrogen-bond donors (Lipinski definition) is 0. The third-order valence-corrected chi connectivity index (χ3v) is 4.02. The van der Waals surface area contributed by atoms with Gasteiger partial charge >= 0.3 is 0 Å². The van der Waals surface area contributed by atoms with Gasteiger partial charge in [0.05, 0.1) is 6.54 Å². The summed E-state index contributed by atoms with van der Waals surface area (Å²) in [5.74, 6) is 1.33. The molecular weight excluding hydrogens is 295 g/mol. The van der Waals surface area contributed by atoms with Gasteiger partial charge in [0, 0.05) is 43.0 Å². The lowest BCUT2D eigenvalue weighted by molar-refractivity contribution is 0.223. The summed E-state index contributed by atoms with van der Waals surface area (Å²) in [6.07, 6.45) is 4.23. The van der Waals surface area contributed by atoms with E-state index in [9.17, 15) is 4.39 Å². The number of benzene rings is 1. The van der Waals surface area contributed by atoms with E-state index in [4.69, 9.17) is 4.52 Å². The maximum Gasteiger partial charge on any atom is 0.143 e. The van der Waals surface area contributed by atoms with Crippen molar-refractivity contribution in [3.8, 4) is 11.3 Å². The Morgan fingerprint density at radius 2 is 1.96 bits per heavy atom. The maximum atomic E-state index is 14.1. The molecule has 0 radical (unpaired) electrons. The lowest BCUT2D eigenvalue weighted by atomic mass is 10.0. The molecule has 1 aliphatic heterocycles. The fourth-order valence-electron chi connectivity index (χ4n) is 2.88. The molecule has 0 atom stereocenters. The van der Waals surface area contributed by atoms with Crippen LogP contribution in [-0.2, 0) is 19.5 Å². The number of nitrogens with zero attached hydrogens (tertiary/aromatic N) is 4. The Morgan fingerprint density at radius 3 is 2.78 bits per heavy atom. The molecule has 3 aromatic rings. The molecular formula is C17H15FN4O. The monoisotopic (exact) mass is 310 g/mol. The first kappa shape index (κ1) is 14.0. The Morgan fingerprint density at radius 1 is 1.13 bits per heavy atom. The van der Waals surface area contributed by atoms with Crippen LogP contribution >= 0.6 is 0 Å². The molecule has 5 nitrogen and oxygen atoms in total. The van der Waals surface area contributed by atoms with Gasteiger partial charge in [0.1, 0.15) is 23.1 Å². The van der Waals surface area contributed by atoms with E-state index in [0.717, 1.165) is 30.1 Å². The van der Waals surface area contributed by atoms with Crippen molar-refractivity contribution in [3.63, 3.8) is 0 Å². The summed E-state index contributed by atoms with van der Waals surface area (Å²) in [6, 6.07) is 8.44. The van der Waals surface area contributed by atoms with E-state index in [-0.39, 0.29) is 5.82 Å². The van der Waals surface area contributed by atoms with Crippen molar-refractivity contribution >= 4 is 0 Å². The summed E-state index contributed by atoms with van der Waals surface area (Å²) in [7, 11) is 0. The Bertz CT molecular complexity index is 818. The van der Waals surface area contributed by atoms with E-state index in [2.05, 4.69) is 20.0 Å². The third-order valence-electron chi connectivity index (χ3n) is 4.02. The number of halogens is 1. The second kappa shape index (κ2) is 5.89. The molecule has 1 aromatic carbocycles. The fraction of sp³-hybridized carbons (Fsp3) is 0.235. The molecule has 6 heteroatoms. The molecule has 0 bridgehead atoms. The van der Waals surface area contributed by atoms with Crippen LogP contribution < -0.4 is 0 Å². The molecule has 0 fully saturated rings. The molecule has 0 spiro atoms. The average Bonchev–Trinajstić information content (AvgIpc) is 2.99. The van der Waals surface area contributed by atoms with Crippen LogP contribution in [0.1, 0.15) is 17.1 Å². The number of hydrogen-bond acceptors (Lipinski definition) is 5. The average molecular weight is 310 g/mol. The smallest absolute Gasteiger partial charge is 0.143 e. The van der Waals surface area contributed by atoms with Gasteiger partial charge in [-0.3, -0.25) is 4.90 Å². The number of rotatable bonds is 3. The molecule has 1 aliphatic rings. The van der Waals surface area contributed by atoms with Crippen molar-refractivity contribution in [1.82, 2.24) is 20.0 Å². The van der Waals surface area contributed by atoms with Crippen molar-refractivity contribution in [2.24, 2.45) is 0 Å². The summed E-state index contributed by atoms with van der Waals surface area (Å²) in [4.78, 5) is 10.7. The second-order valence-corrected chi connectivity index (χ2v) is 5.54. The molecule has 0 amide bonds. The van der Waals surface area contributed by atoms with Crippen LogP contribution in [0, 0.1) is 5.82 Å². The normalized spacial score (nSPS) is 14.7. The van der Waals surface area contributed by atoms with Crippen molar-refractivity contribution in [1.29, 1.82) is 0 Å². The van der Waals surface area contributed by atoms with Gasteiger partial charge in [-0.25, -0.2) is 14.4 Å². The minimum atomic E-state index is -0.285. The van der Waals surface area contributed by atoms with Gasteiger partial charge < -0.3 is 4.52 Å². The van der Waals surface area contributed by atoms with Crippen LogP contribution in [-0.4, -0.2) is 26.6 Å². The van der Waals surface area contributed by atoms with Crippen LogP contribution in [0.2, 0.25) is 0 Å². The van der Waals surface area contributed by atoms with Gasteiger partial charge in [0.15, 0.2) is 0 Å². The van der Waals surface area contributed by atoms with E-state index in [1.807, 2.05) is 0 Å². The minimum absolute atomic E-state index is 0.285. The van der Waals surface area contributed by atoms with Gasteiger partial charge in [-0.15, -0.1) is 0 Å². The van der Waals surface area contributed by atoms with E-state index in [0.29, 0.717) is 24.3 Å². The summed E-state index contributed by atoms with van der Waals surface area (Å²) < 4.78 is 19.5. The standard InChI is InChI=1S/C17H15FN4O/c18-14-5-2-1-4-12(14)17-13-10-22(9-6-15(13)23-21-17)11-16-19-7-3-8-20-16/h1-5,7-8H,6,9-11H2. The molecule has 3 heterocycles. The van der Waals surface area contributed by atoms with Crippen LogP contribution in [0.4, 0.5) is 4.39 Å². The summed E-state index contributed by atoms with van der Waals surface area (Å²) in [6.45, 7) is 2.15. The van der Waals surface area contributed by atoms with Crippen LogP contribution in [0.3, 0.4) is 0 Å². The zero-order chi connectivity index (χ0) is 15.6. The summed E-state index contributed by atoms with van der Waals surface area (Å²) in [5, 5.41) is 4.10. The highest BCUT2D eigenvalue weighted by molar-refractivity contribution is 5.64. The molecule has 0 saturated carbocycles. The largest absolute Gasteiger partial charge is 0.360 e. The SMILES string of the molecule is Fc1ccccc1-c1noc2c1CN(Cc1ncccn1)CC2. The first-order valence-electron chi connectivity index (χ1n) is 7.52. The van der Waals surface area contributed by atoms with Gasteiger partial charge in [0.25, 0.3) is 0 Å². The Kier molecular flexibility index (Phi) is 3.59. The molecule has 4 rings (SSSR count). The van der Waals surface area contributed by atoms with Crippen LogP contribution in [0.15, 0.2) is 47.2 Å². The zero-order valence-corrected chi connectivity index (χ0v) is 12.4. The van der Waals surface area contributed by atoms with Crippen LogP contribution in [0.5, 0.6) is 0 Å². The fourth-order valence-corrected chi connectivity index (χ4v) is 2.88. The first-order valence-corrected chi connectivity index (χ1v) is 7.52. The van der Waals surface area contributed by atoms with E-state index in [1.165, 1.54) is 6.07 Å². The van der Waals surface area contributed by atoms with E-state index >= 15 is 0 Å². The van der Waals surface area contributed by atoms with Gasteiger partial charge in [0.2, 0.25) is 0 Å². The molecule has 0 N–H and O–H groups in total. The highest BCUT2D eigenvalue weighted by Crippen LogP contribution is 2.31. The zero-order valence-electron chi connectivity index (χ0n) is 12.4. The number of fused-ring (bicyclic) bond motifs is 1. The Hall–Kier alpha value is -2.60. The van der Waals surface area contributed by atoms with Gasteiger partial charge in [-0.1, -0.05) is 17.3 Å².